The molecule has 1 aliphatic rings. The van der Waals surface area contributed by atoms with Gasteiger partial charge < -0.3 is 5.73 Å². The summed E-state index contributed by atoms with van der Waals surface area (Å²) in [7, 11) is 0. The van der Waals surface area contributed by atoms with Crippen molar-refractivity contribution in [3.63, 3.8) is 0 Å². The van der Waals surface area contributed by atoms with Gasteiger partial charge in [-0.15, -0.1) is 0 Å². The molecule has 0 amide bonds. The zero-order chi connectivity index (χ0) is 13.5. The zero-order valence-electron chi connectivity index (χ0n) is 13.1. The first-order valence-corrected chi connectivity index (χ1v) is 8.26. The quantitative estimate of drug-likeness (QED) is 0.545. The van der Waals surface area contributed by atoms with Gasteiger partial charge in [0.2, 0.25) is 0 Å². The van der Waals surface area contributed by atoms with Crippen molar-refractivity contribution >= 4 is 0 Å². The molecule has 0 aromatic rings. The molecule has 1 unspecified atom stereocenters. The number of rotatable bonds is 9. The van der Waals surface area contributed by atoms with Crippen molar-refractivity contribution in [3.8, 4) is 0 Å². The molecule has 0 aliphatic heterocycles. The first-order chi connectivity index (χ1) is 8.47. The minimum Gasteiger partial charge on any atom is -0.325 e. The Labute approximate surface area is 115 Å². The molecule has 1 atom stereocenters. The van der Waals surface area contributed by atoms with Gasteiger partial charge in [0.1, 0.15) is 0 Å². The van der Waals surface area contributed by atoms with Crippen molar-refractivity contribution in [3.05, 3.63) is 0 Å². The largest absolute Gasteiger partial charge is 0.325 e. The van der Waals surface area contributed by atoms with Crippen LogP contribution in [0, 0.1) is 5.41 Å². The van der Waals surface area contributed by atoms with Crippen LogP contribution in [0.4, 0.5) is 0 Å². The maximum absolute atomic E-state index is 6.52. The Bertz CT molecular complexity index is 222. The van der Waals surface area contributed by atoms with Gasteiger partial charge in [-0.25, -0.2) is 0 Å². The van der Waals surface area contributed by atoms with E-state index in [1.54, 1.807) is 0 Å². The number of hydrogen-bond acceptors (Lipinski definition) is 1. The van der Waals surface area contributed by atoms with Gasteiger partial charge in [0, 0.05) is 5.54 Å². The molecule has 0 radical (unpaired) electrons. The van der Waals surface area contributed by atoms with E-state index in [9.17, 15) is 0 Å². The van der Waals surface area contributed by atoms with Crippen LogP contribution in [0.3, 0.4) is 0 Å². The van der Waals surface area contributed by atoms with Crippen LogP contribution < -0.4 is 5.73 Å². The van der Waals surface area contributed by atoms with Crippen LogP contribution in [-0.4, -0.2) is 5.54 Å². The summed E-state index contributed by atoms with van der Waals surface area (Å²) in [6, 6.07) is 0. The van der Waals surface area contributed by atoms with E-state index in [0.717, 1.165) is 0 Å². The molecule has 1 rings (SSSR count). The van der Waals surface area contributed by atoms with Crippen LogP contribution in [0.1, 0.15) is 97.8 Å². The maximum Gasteiger partial charge on any atom is 0.0159 e. The van der Waals surface area contributed by atoms with Crippen molar-refractivity contribution in [2.75, 3.05) is 0 Å². The number of nitrogens with two attached hydrogens (primary N) is 1. The van der Waals surface area contributed by atoms with Gasteiger partial charge in [-0.2, -0.15) is 0 Å². The fourth-order valence-corrected chi connectivity index (χ4v) is 3.54. The van der Waals surface area contributed by atoms with E-state index in [-0.39, 0.29) is 5.54 Å². The van der Waals surface area contributed by atoms with Crippen molar-refractivity contribution in [2.45, 2.75) is 103 Å². The third-order valence-corrected chi connectivity index (χ3v) is 4.66. The number of unbranched alkanes of at least 4 members (excludes halogenated alkanes) is 7. The highest BCUT2D eigenvalue weighted by atomic mass is 14.8. The summed E-state index contributed by atoms with van der Waals surface area (Å²) in [5.74, 6) is 0. The van der Waals surface area contributed by atoms with Gasteiger partial charge in [0.25, 0.3) is 0 Å². The van der Waals surface area contributed by atoms with Crippen LogP contribution >= 0.6 is 0 Å². The summed E-state index contributed by atoms with van der Waals surface area (Å²) in [4.78, 5) is 0. The van der Waals surface area contributed by atoms with Crippen molar-refractivity contribution < 1.29 is 0 Å². The van der Waals surface area contributed by atoms with Gasteiger partial charge in [-0.05, 0) is 31.1 Å². The van der Waals surface area contributed by atoms with Crippen LogP contribution in [0.25, 0.3) is 0 Å². The van der Waals surface area contributed by atoms with E-state index in [2.05, 4.69) is 20.8 Å². The molecule has 108 valence electrons. The van der Waals surface area contributed by atoms with Crippen molar-refractivity contribution in [1.82, 2.24) is 0 Å². The van der Waals surface area contributed by atoms with E-state index >= 15 is 0 Å². The topological polar surface area (TPSA) is 26.0 Å². The summed E-state index contributed by atoms with van der Waals surface area (Å²) in [6.07, 6.45) is 16.3. The van der Waals surface area contributed by atoms with Gasteiger partial charge in [-0.1, -0.05) is 72.1 Å². The Kier molecular flexibility index (Phi) is 6.70. The van der Waals surface area contributed by atoms with E-state index < -0.39 is 0 Å². The van der Waals surface area contributed by atoms with E-state index in [4.69, 9.17) is 5.73 Å². The molecular weight excluding hydrogens is 218 g/mol. The van der Waals surface area contributed by atoms with Gasteiger partial charge >= 0.3 is 0 Å². The van der Waals surface area contributed by atoms with E-state index in [1.165, 1.54) is 77.0 Å². The molecule has 1 fully saturated rings. The second-order valence-electron chi connectivity index (χ2n) is 7.43. The van der Waals surface area contributed by atoms with Crippen LogP contribution in [0.15, 0.2) is 0 Å². The van der Waals surface area contributed by atoms with Crippen molar-refractivity contribution in [2.24, 2.45) is 11.1 Å². The second kappa shape index (κ2) is 7.53. The third-order valence-electron chi connectivity index (χ3n) is 4.66. The molecule has 1 nitrogen and oxygen atoms in total. The standard InChI is InChI=1S/C17H35N/c1-4-5-6-7-8-9-10-11-12-17(18)14-13-16(2,3)15-17/h4-15,18H2,1-3H3. The Morgan fingerprint density at radius 3 is 1.89 bits per heavy atom. The van der Waals surface area contributed by atoms with Gasteiger partial charge in [0.15, 0.2) is 0 Å². The minimum absolute atomic E-state index is 0.172. The summed E-state index contributed by atoms with van der Waals surface area (Å²) < 4.78 is 0. The summed E-state index contributed by atoms with van der Waals surface area (Å²) in [6.45, 7) is 7.02. The Morgan fingerprint density at radius 2 is 1.39 bits per heavy atom. The predicted molar refractivity (Wildman–Crippen MR) is 81.8 cm³/mol. The monoisotopic (exact) mass is 253 g/mol. The molecular formula is C17H35N. The lowest BCUT2D eigenvalue weighted by Crippen LogP contribution is -2.37. The molecule has 2 N–H and O–H groups in total. The van der Waals surface area contributed by atoms with Gasteiger partial charge in [0.05, 0.1) is 0 Å². The molecule has 0 saturated heterocycles. The smallest absolute Gasteiger partial charge is 0.0159 e. The SMILES string of the molecule is CCCCCCCCCCC1(N)CCC(C)(C)C1. The number of hydrogen-bond donors (Lipinski definition) is 1. The third kappa shape index (κ3) is 6.22. The first kappa shape index (κ1) is 16.0. The Balaban J connectivity index is 1.98. The molecule has 0 aromatic carbocycles. The molecule has 18 heavy (non-hydrogen) atoms. The average molecular weight is 253 g/mol. The molecule has 0 aromatic heterocycles. The normalized spacial score (nSPS) is 26.7. The fourth-order valence-electron chi connectivity index (χ4n) is 3.54. The molecule has 0 heterocycles. The first-order valence-electron chi connectivity index (χ1n) is 8.26. The van der Waals surface area contributed by atoms with Gasteiger partial charge in [-0.3, -0.25) is 0 Å². The van der Waals surface area contributed by atoms with Crippen LogP contribution in [0.5, 0.6) is 0 Å². The zero-order valence-corrected chi connectivity index (χ0v) is 13.1. The average Bonchev–Trinajstić information content (AvgIpc) is 2.57. The molecule has 0 spiro atoms. The van der Waals surface area contributed by atoms with Crippen LogP contribution in [-0.2, 0) is 0 Å². The highest BCUT2D eigenvalue weighted by Crippen LogP contribution is 2.44. The molecule has 0 bridgehead atoms. The molecule has 1 saturated carbocycles. The van der Waals surface area contributed by atoms with E-state index in [0.29, 0.717) is 5.41 Å². The second-order valence-corrected chi connectivity index (χ2v) is 7.43. The highest BCUT2D eigenvalue weighted by Gasteiger charge is 2.39. The Morgan fingerprint density at radius 1 is 0.833 bits per heavy atom. The van der Waals surface area contributed by atoms with E-state index in [1.807, 2.05) is 0 Å². The molecule has 1 heteroatoms. The lowest BCUT2D eigenvalue weighted by atomic mass is 9.85. The fraction of sp³-hybridized carbons (Fsp3) is 1.00. The summed E-state index contributed by atoms with van der Waals surface area (Å²) in [5.41, 5.74) is 7.18. The maximum atomic E-state index is 6.52. The summed E-state index contributed by atoms with van der Waals surface area (Å²) in [5, 5.41) is 0. The summed E-state index contributed by atoms with van der Waals surface area (Å²) >= 11 is 0. The lowest BCUT2D eigenvalue weighted by molar-refractivity contribution is 0.316. The predicted octanol–water partition coefficient (Wildman–Crippen LogP) is 5.42. The van der Waals surface area contributed by atoms with Crippen molar-refractivity contribution in [1.29, 1.82) is 0 Å². The highest BCUT2D eigenvalue weighted by molar-refractivity contribution is 4.97. The Hall–Kier alpha value is -0.0400. The van der Waals surface area contributed by atoms with Crippen LogP contribution in [0.2, 0.25) is 0 Å². The lowest BCUT2D eigenvalue weighted by Gasteiger charge is -2.26. The molecule has 1 aliphatic carbocycles. The minimum atomic E-state index is 0.172.